The van der Waals surface area contributed by atoms with Crippen LogP contribution in [-0.4, -0.2) is 43.5 Å². The minimum Gasteiger partial charge on any atom is -0.382 e. The van der Waals surface area contributed by atoms with Crippen molar-refractivity contribution in [2.45, 2.75) is 18.9 Å². The first-order chi connectivity index (χ1) is 6.29. The Morgan fingerprint density at radius 2 is 2.21 bits per heavy atom. The molecule has 1 aliphatic rings. The smallest absolute Gasteiger partial charge is 0.151 e. The second-order valence-electron chi connectivity index (χ2n) is 4.09. The molecule has 1 rings (SSSR count). The molecule has 0 bridgehead atoms. The van der Waals surface area contributed by atoms with Crippen molar-refractivity contribution < 1.29 is 18.3 Å². The molecule has 0 aromatic rings. The summed E-state index contributed by atoms with van der Waals surface area (Å²) in [6, 6.07) is 0. The van der Waals surface area contributed by atoms with Gasteiger partial charge in [0.2, 0.25) is 0 Å². The van der Waals surface area contributed by atoms with Crippen LogP contribution in [0.4, 0.5) is 0 Å². The molecule has 1 fully saturated rings. The van der Waals surface area contributed by atoms with Crippen LogP contribution in [0.1, 0.15) is 13.3 Å². The number of hydrogen-bond acceptors (Lipinski definition) is 5. The van der Waals surface area contributed by atoms with Crippen LogP contribution in [0, 0.1) is 5.41 Å². The number of rotatable bonds is 3. The molecule has 1 saturated heterocycles. The van der Waals surface area contributed by atoms with Crippen molar-refractivity contribution >= 4 is 16.1 Å². The van der Waals surface area contributed by atoms with Gasteiger partial charge in [-0.2, -0.15) is 0 Å². The van der Waals surface area contributed by atoms with E-state index < -0.39 is 20.9 Å². The molecule has 0 spiro atoms. The third-order valence-corrected chi connectivity index (χ3v) is 4.90. The van der Waals surface area contributed by atoms with E-state index in [2.05, 4.69) is 0 Å². The summed E-state index contributed by atoms with van der Waals surface area (Å²) in [6.45, 7) is 1.31. The van der Waals surface area contributed by atoms with Gasteiger partial charge >= 0.3 is 0 Å². The van der Waals surface area contributed by atoms with E-state index >= 15 is 0 Å². The van der Waals surface area contributed by atoms with Gasteiger partial charge in [0.25, 0.3) is 0 Å². The quantitative estimate of drug-likeness (QED) is 0.577. The van der Waals surface area contributed by atoms with Crippen molar-refractivity contribution in [3.63, 3.8) is 0 Å². The maximum Gasteiger partial charge on any atom is 0.151 e. The molecule has 5 nitrogen and oxygen atoms in total. The van der Waals surface area contributed by atoms with Crippen molar-refractivity contribution in [1.82, 2.24) is 0 Å². The normalized spacial score (nSPS) is 35.1. The topological polar surface area (TPSA) is 97.5 Å². The zero-order valence-electron chi connectivity index (χ0n) is 8.06. The third-order valence-electron chi connectivity index (χ3n) is 3.08. The molecule has 2 unspecified atom stereocenters. The Morgan fingerprint density at radius 1 is 1.64 bits per heavy atom. The fourth-order valence-corrected chi connectivity index (χ4v) is 4.05. The van der Waals surface area contributed by atoms with Crippen LogP contribution in [0.15, 0.2) is 0 Å². The predicted molar refractivity (Wildman–Crippen MR) is 51.4 cm³/mol. The number of carbonyl (C=O) groups is 1. The lowest BCUT2D eigenvalue weighted by molar-refractivity contribution is -0.134. The molecule has 1 aliphatic heterocycles. The first-order valence-electron chi connectivity index (χ1n) is 4.38. The Balaban J connectivity index is 3.08. The Morgan fingerprint density at radius 3 is 2.50 bits per heavy atom. The number of aliphatic hydroxyl groups is 1. The number of sulfone groups is 1. The Bertz CT molecular complexity index is 335. The van der Waals surface area contributed by atoms with E-state index in [4.69, 9.17) is 5.73 Å². The van der Waals surface area contributed by atoms with E-state index in [9.17, 15) is 18.3 Å². The minimum atomic E-state index is -3.16. The highest BCUT2D eigenvalue weighted by molar-refractivity contribution is 7.91. The first-order valence-corrected chi connectivity index (χ1v) is 6.20. The summed E-state index contributed by atoms with van der Waals surface area (Å²) in [4.78, 5) is 10.7. The fraction of sp³-hybridized carbons (Fsp3) is 0.875. The van der Waals surface area contributed by atoms with Crippen LogP contribution in [0.5, 0.6) is 0 Å². The summed E-state index contributed by atoms with van der Waals surface area (Å²) < 4.78 is 22.6. The van der Waals surface area contributed by atoms with Gasteiger partial charge in [0.15, 0.2) is 16.1 Å². The van der Waals surface area contributed by atoms with Crippen molar-refractivity contribution in [3.8, 4) is 0 Å². The van der Waals surface area contributed by atoms with Gasteiger partial charge in [-0.1, -0.05) is 0 Å². The summed E-state index contributed by atoms with van der Waals surface area (Å²) in [5.41, 5.74) is 2.80. The monoisotopic (exact) mass is 221 g/mol. The minimum absolute atomic E-state index is 0.00201. The first kappa shape index (κ1) is 11.6. The van der Waals surface area contributed by atoms with E-state index in [0.29, 0.717) is 6.29 Å². The molecule has 14 heavy (non-hydrogen) atoms. The number of hydrogen-bond donors (Lipinski definition) is 2. The lowest BCUT2D eigenvalue weighted by Crippen LogP contribution is -2.52. The highest BCUT2D eigenvalue weighted by atomic mass is 32.2. The molecule has 2 atom stereocenters. The highest BCUT2D eigenvalue weighted by Gasteiger charge is 2.53. The second-order valence-corrected chi connectivity index (χ2v) is 6.28. The van der Waals surface area contributed by atoms with Crippen LogP contribution < -0.4 is 5.73 Å². The molecule has 1 heterocycles. The molecular formula is C8H15NO4S. The molecule has 0 radical (unpaired) electrons. The Labute approximate surface area is 83.2 Å². The van der Waals surface area contributed by atoms with Crippen molar-refractivity contribution in [2.24, 2.45) is 11.1 Å². The number of carbonyl (C=O) groups excluding carboxylic acids is 1. The van der Waals surface area contributed by atoms with Crippen LogP contribution >= 0.6 is 0 Å². The molecule has 82 valence electrons. The molecule has 3 N–H and O–H groups in total. The summed E-state index contributed by atoms with van der Waals surface area (Å²) in [6.07, 6.45) is 0.623. The van der Waals surface area contributed by atoms with Gasteiger partial charge in [-0.05, 0) is 13.3 Å². The Hall–Kier alpha value is -0.460. The van der Waals surface area contributed by atoms with Crippen LogP contribution in [0.3, 0.4) is 0 Å². The highest BCUT2D eigenvalue weighted by Crippen LogP contribution is 2.40. The molecule has 0 aromatic heterocycles. The maximum absolute atomic E-state index is 11.3. The molecule has 0 amide bonds. The average Bonchev–Trinajstić information content (AvgIpc) is 2.43. The fourth-order valence-electron chi connectivity index (χ4n) is 1.81. The van der Waals surface area contributed by atoms with Gasteiger partial charge in [-0.25, -0.2) is 8.42 Å². The predicted octanol–water partition coefficient (Wildman–Crippen LogP) is -1.30. The third kappa shape index (κ3) is 1.69. The number of aldehydes is 1. The molecular weight excluding hydrogens is 206 g/mol. The van der Waals surface area contributed by atoms with Gasteiger partial charge in [0.05, 0.1) is 11.5 Å². The van der Waals surface area contributed by atoms with E-state index in [1.807, 2.05) is 0 Å². The zero-order valence-corrected chi connectivity index (χ0v) is 8.88. The van der Waals surface area contributed by atoms with Crippen LogP contribution in [-0.2, 0) is 14.6 Å². The lowest BCUT2D eigenvalue weighted by atomic mass is 9.73. The van der Waals surface area contributed by atoms with E-state index in [0.717, 1.165) is 0 Å². The molecule has 6 heteroatoms. The standard InChI is InChI=1S/C8H15NO4S/c1-7(11,5-10)8(4-9)2-3-14(12,13)6-8/h5,11H,2-4,6,9H2,1H3. The van der Waals surface area contributed by atoms with Gasteiger partial charge in [-0.3, -0.25) is 0 Å². The van der Waals surface area contributed by atoms with Crippen molar-refractivity contribution in [3.05, 3.63) is 0 Å². The average molecular weight is 221 g/mol. The summed E-state index contributed by atoms with van der Waals surface area (Å²) in [7, 11) is -3.16. The summed E-state index contributed by atoms with van der Waals surface area (Å²) in [5, 5.41) is 9.79. The van der Waals surface area contributed by atoms with Gasteiger partial charge in [0, 0.05) is 12.0 Å². The Kier molecular flexibility index (Phi) is 2.73. The van der Waals surface area contributed by atoms with Crippen LogP contribution in [0.2, 0.25) is 0 Å². The SMILES string of the molecule is CC(O)(C=O)C1(CN)CCS(=O)(=O)C1. The maximum atomic E-state index is 11.3. The van der Waals surface area contributed by atoms with Crippen LogP contribution in [0.25, 0.3) is 0 Å². The molecule has 0 saturated carbocycles. The summed E-state index contributed by atoms with van der Waals surface area (Å²) >= 11 is 0. The van der Waals surface area contributed by atoms with Gasteiger partial charge in [0.1, 0.15) is 5.60 Å². The van der Waals surface area contributed by atoms with E-state index in [1.54, 1.807) is 0 Å². The largest absolute Gasteiger partial charge is 0.382 e. The number of nitrogens with two attached hydrogens (primary N) is 1. The van der Waals surface area contributed by atoms with Gasteiger partial charge in [-0.15, -0.1) is 0 Å². The second kappa shape index (κ2) is 3.29. The zero-order chi connectivity index (χ0) is 11.0. The summed E-state index contributed by atoms with van der Waals surface area (Å²) in [5.74, 6) is -0.212. The lowest BCUT2D eigenvalue weighted by Gasteiger charge is -2.36. The van der Waals surface area contributed by atoms with E-state index in [-0.39, 0.29) is 24.5 Å². The molecule has 0 aromatic carbocycles. The van der Waals surface area contributed by atoms with Crippen molar-refractivity contribution in [2.75, 3.05) is 18.1 Å². The van der Waals surface area contributed by atoms with Gasteiger partial charge < -0.3 is 15.6 Å². The van der Waals surface area contributed by atoms with Crippen molar-refractivity contribution in [1.29, 1.82) is 0 Å². The van der Waals surface area contributed by atoms with E-state index in [1.165, 1.54) is 6.92 Å². The molecule has 0 aliphatic carbocycles.